The smallest absolute Gasteiger partial charge is 0.225 e. The van der Waals surface area contributed by atoms with Crippen LogP contribution in [0, 0.1) is 0 Å². The summed E-state index contributed by atoms with van der Waals surface area (Å²) < 4.78 is 5.13. The molecule has 0 fully saturated rings. The SMILES string of the molecule is NC(=O)Cc1occc2nncc1-2. The van der Waals surface area contributed by atoms with E-state index in [1.54, 1.807) is 12.3 Å². The second-order valence-corrected chi connectivity index (χ2v) is 2.63. The van der Waals surface area contributed by atoms with Crippen LogP contribution in [0.2, 0.25) is 0 Å². The summed E-state index contributed by atoms with van der Waals surface area (Å²) in [4.78, 5) is 10.7. The second kappa shape index (κ2) is 2.85. The molecule has 0 aromatic heterocycles. The lowest BCUT2D eigenvalue weighted by molar-refractivity contribution is -0.117. The van der Waals surface area contributed by atoms with Crippen LogP contribution in [0.5, 0.6) is 0 Å². The average Bonchev–Trinajstić information content (AvgIpc) is 2.51. The van der Waals surface area contributed by atoms with Crippen LogP contribution in [-0.4, -0.2) is 16.1 Å². The molecule has 1 amide bonds. The van der Waals surface area contributed by atoms with E-state index in [1.807, 2.05) is 0 Å². The molecule has 2 aliphatic rings. The van der Waals surface area contributed by atoms with Gasteiger partial charge < -0.3 is 10.2 Å². The first-order valence-electron chi connectivity index (χ1n) is 3.73. The molecule has 0 saturated heterocycles. The van der Waals surface area contributed by atoms with E-state index < -0.39 is 5.91 Å². The molecule has 5 heteroatoms. The molecule has 2 rings (SSSR count). The first-order chi connectivity index (χ1) is 6.27. The number of amides is 1. The van der Waals surface area contributed by atoms with Gasteiger partial charge in [-0.15, -0.1) is 0 Å². The van der Waals surface area contributed by atoms with Crippen molar-refractivity contribution < 1.29 is 9.21 Å². The van der Waals surface area contributed by atoms with E-state index in [4.69, 9.17) is 10.2 Å². The molecule has 0 aliphatic carbocycles. The van der Waals surface area contributed by atoms with Gasteiger partial charge in [-0.25, -0.2) is 0 Å². The molecule has 0 unspecified atom stereocenters. The highest BCUT2D eigenvalue weighted by molar-refractivity contribution is 5.78. The Hall–Kier alpha value is -1.91. The molecule has 0 atom stereocenters. The molecule has 66 valence electrons. The fraction of sp³-hybridized carbons (Fsp3) is 0.125. The highest BCUT2D eigenvalue weighted by atomic mass is 16.3. The van der Waals surface area contributed by atoms with Crippen LogP contribution in [-0.2, 0) is 11.2 Å². The molecule has 2 heterocycles. The minimum Gasteiger partial charge on any atom is -0.468 e. The third-order valence-corrected chi connectivity index (χ3v) is 1.70. The summed E-state index contributed by atoms with van der Waals surface area (Å²) in [6, 6.07) is 1.69. The Kier molecular flexibility index (Phi) is 1.70. The topological polar surface area (TPSA) is 82.0 Å². The molecule has 5 nitrogen and oxygen atoms in total. The lowest BCUT2D eigenvalue weighted by atomic mass is 10.1. The van der Waals surface area contributed by atoms with Crippen LogP contribution in [0.3, 0.4) is 0 Å². The van der Waals surface area contributed by atoms with Crippen molar-refractivity contribution in [3.63, 3.8) is 0 Å². The first-order valence-corrected chi connectivity index (χ1v) is 3.73. The number of nitrogens with zero attached hydrogens (tertiary/aromatic N) is 2. The minimum absolute atomic E-state index is 0.0741. The van der Waals surface area contributed by atoms with Crippen molar-refractivity contribution in [2.24, 2.45) is 5.73 Å². The van der Waals surface area contributed by atoms with Crippen LogP contribution in [0.25, 0.3) is 11.3 Å². The van der Waals surface area contributed by atoms with E-state index in [-0.39, 0.29) is 6.42 Å². The number of primary amides is 1. The van der Waals surface area contributed by atoms with Crippen molar-refractivity contribution in [2.45, 2.75) is 6.42 Å². The van der Waals surface area contributed by atoms with E-state index in [2.05, 4.69) is 10.2 Å². The van der Waals surface area contributed by atoms with E-state index >= 15 is 0 Å². The Morgan fingerprint density at radius 1 is 1.62 bits per heavy atom. The molecule has 2 aliphatic heterocycles. The van der Waals surface area contributed by atoms with Crippen LogP contribution in [0.15, 0.2) is 22.9 Å². The summed E-state index contributed by atoms with van der Waals surface area (Å²) in [5, 5.41) is 7.53. The van der Waals surface area contributed by atoms with Crippen LogP contribution >= 0.6 is 0 Å². The Labute approximate surface area is 73.9 Å². The quantitative estimate of drug-likeness (QED) is 0.710. The van der Waals surface area contributed by atoms with Gasteiger partial charge in [-0.2, -0.15) is 10.2 Å². The van der Waals surface area contributed by atoms with Crippen molar-refractivity contribution in [1.29, 1.82) is 0 Å². The molecular weight excluding hydrogens is 170 g/mol. The number of nitrogens with two attached hydrogens (primary N) is 1. The van der Waals surface area contributed by atoms with Gasteiger partial charge in [-0.05, 0) is 0 Å². The Bertz CT molecular complexity index is 410. The van der Waals surface area contributed by atoms with E-state index in [0.29, 0.717) is 11.5 Å². The number of carbonyl (C=O) groups excluding carboxylic acids is 1. The zero-order valence-electron chi connectivity index (χ0n) is 6.73. The normalized spacial score (nSPS) is 10.5. The highest BCUT2D eigenvalue weighted by Gasteiger charge is 2.13. The third kappa shape index (κ3) is 1.35. The van der Waals surface area contributed by atoms with Gasteiger partial charge in [0.1, 0.15) is 11.5 Å². The number of fused-ring (bicyclic) bond motifs is 1. The summed E-state index contributed by atoms with van der Waals surface area (Å²) in [5.41, 5.74) is 6.49. The Balaban J connectivity index is 2.46. The van der Waals surface area contributed by atoms with Gasteiger partial charge in [0.05, 0.1) is 24.4 Å². The molecule has 0 saturated carbocycles. The predicted octanol–water partition coefficient (Wildman–Crippen LogP) is 0.202. The van der Waals surface area contributed by atoms with Gasteiger partial charge >= 0.3 is 0 Å². The third-order valence-electron chi connectivity index (χ3n) is 1.70. The summed E-state index contributed by atoms with van der Waals surface area (Å²) in [7, 11) is 0. The summed E-state index contributed by atoms with van der Waals surface area (Å²) in [6.07, 6.45) is 3.09. The summed E-state index contributed by atoms with van der Waals surface area (Å²) in [5.74, 6) is 0.0763. The molecule has 0 bridgehead atoms. The predicted molar refractivity (Wildman–Crippen MR) is 43.8 cm³/mol. The van der Waals surface area contributed by atoms with Gasteiger partial charge in [-0.3, -0.25) is 4.79 Å². The largest absolute Gasteiger partial charge is 0.468 e. The van der Waals surface area contributed by atoms with Crippen molar-refractivity contribution in [3.05, 3.63) is 24.3 Å². The summed E-state index contributed by atoms with van der Waals surface area (Å²) >= 11 is 0. The zero-order valence-corrected chi connectivity index (χ0v) is 6.73. The average molecular weight is 177 g/mol. The number of aromatic nitrogens is 2. The standard InChI is InChI=1S/C8H7N3O2/c9-8(12)3-7-5-4-10-11-6(5)1-2-13-7/h1-2,4H,3H2,(H2,9,12). The second-order valence-electron chi connectivity index (χ2n) is 2.63. The van der Waals surface area contributed by atoms with Crippen molar-refractivity contribution >= 4 is 5.91 Å². The van der Waals surface area contributed by atoms with Gasteiger partial charge in [0.25, 0.3) is 0 Å². The van der Waals surface area contributed by atoms with Crippen LogP contribution < -0.4 is 5.73 Å². The zero-order chi connectivity index (χ0) is 9.26. The number of carbonyl (C=O) groups is 1. The monoisotopic (exact) mass is 177 g/mol. The van der Waals surface area contributed by atoms with Gasteiger partial charge in [0.2, 0.25) is 5.91 Å². The maximum atomic E-state index is 10.7. The molecular formula is C8H7N3O2. The molecule has 2 N–H and O–H groups in total. The summed E-state index contributed by atoms with van der Waals surface area (Å²) in [6.45, 7) is 0. The number of hydrogen-bond donors (Lipinski definition) is 1. The molecule has 0 aromatic rings. The van der Waals surface area contributed by atoms with Gasteiger partial charge in [0.15, 0.2) is 0 Å². The van der Waals surface area contributed by atoms with Crippen molar-refractivity contribution in [1.82, 2.24) is 10.2 Å². The Morgan fingerprint density at radius 3 is 3.23 bits per heavy atom. The first kappa shape index (κ1) is 7.72. The fourth-order valence-electron chi connectivity index (χ4n) is 1.15. The van der Waals surface area contributed by atoms with Gasteiger partial charge in [0, 0.05) is 6.07 Å². The van der Waals surface area contributed by atoms with E-state index in [9.17, 15) is 4.79 Å². The highest BCUT2D eigenvalue weighted by Crippen LogP contribution is 2.22. The fourth-order valence-corrected chi connectivity index (χ4v) is 1.15. The van der Waals surface area contributed by atoms with E-state index in [0.717, 1.165) is 5.56 Å². The maximum Gasteiger partial charge on any atom is 0.225 e. The molecule has 0 radical (unpaired) electrons. The molecule has 13 heavy (non-hydrogen) atoms. The maximum absolute atomic E-state index is 10.7. The van der Waals surface area contributed by atoms with Crippen LogP contribution in [0.4, 0.5) is 0 Å². The molecule has 0 aromatic carbocycles. The Morgan fingerprint density at radius 2 is 2.46 bits per heavy atom. The number of rotatable bonds is 2. The minimum atomic E-state index is -0.433. The lowest BCUT2D eigenvalue weighted by Gasteiger charge is -2.01. The molecule has 0 spiro atoms. The van der Waals surface area contributed by atoms with Crippen molar-refractivity contribution in [3.8, 4) is 11.3 Å². The number of hydrogen-bond acceptors (Lipinski definition) is 4. The van der Waals surface area contributed by atoms with Crippen molar-refractivity contribution in [2.75, 3.05) is 0 Å². The van der Waals surface area contributed by atoms with E-state index in [1.165, 1.54) is 6.26 Å². The van der Waals surface area contributed by atoms with Gasteiger partial charge in [-0.1, -0.05) is 0 Å². The lowest BCUT2D eigenvalue weighted by Crippen LogP contribution is -2.14. The van der Waals surface area contributed by atoms with Crippen LogP contribution in [0.1, 0.15) is 5.76 Å².